The van der Waals surface area contributed by atoms with Crippen LogP contribution in [0.4, 0.5) is 4.79 Å². The number of amides is 2. The van der Waals surface area contributed by atoms with Gasteiger partial charge in [0.25, 0.3) is 0 Å². The van der Waals surface area contributed by atoms with Gasteiger partial charge in [-0.2, -0.15) is 0 Å². The summed E-state index contributed by atoms with van der Waals surface area (Å²) in [6.45, 7) is 8.46. The first-order chi connectivity index (χ1) is 10.2. The lowest BCUT2D eigenvalue weighted by molar-refractivity contribution is 0.0649. The van der Waals surface area contributed by atoms with E-state index in [-0.39, 0.29) is 17.7 Å². The van der Waals surface area contributed by atoms with E-state index in [0.717, 1.165) is 17.7 Å². The first-order valence-electron chi connectivity index (χ1n) is 7.57. The quantitative estimate of drug-likeness (QED) is 0.933. The lowest BCUT2D eigenvalue weighted by Crippen LogP contribution is -2.48. The van der Waals surface area contributed by atoms with Crippen molar-refractivity contribution < 1.29 is 9.63 Å². The van der Waals surface area contributed by atoms with Crippen LogP contribution in [0.25, 0.3) is 0 Å². The van der Waals surface area contributed by atoms with Crippen LogP contribution >= 0.6 is 0 Å². The number of likely N-dealkylation sites (N-methyl/N-ethyl adjacent to an activating group) is 1. The lowest BCUT2D eigenvalue weighted by Gasteiger charge is -2.26. The van der Waals surface area contributed by atoms with Gasteiger partial charge < -0.3 is 15.1 Å². The molecule has 1 atom stereocenters. The summed E-state index contributed by atoms with van der Waals surface area (Å²) in [7, 11) is 1.77. The Morgan fingerprint density at radius 3 is 2.59 bits per heavy atom. The summed E-state index contributed by atoms with van der Waals surface area (Å²) >= 11 is 0. The van der Waals surface area contributed by atoms with E-state index in [1.54, 1.807) is 11.9 Å². The van der Waals surface area contributed by atoms with Crippen molar-refractivity contribution in [3.05, 3.63) is 35.4 Å². The number of hydrogen-bond acceptors (Lipinski definition) is 3. The summed E-state index contributed by atoms with van der Waals surface area (Å²) < 4.78 is 0. The van der Waals surface area contributed by atoms with Gasteiger partial charge >= 0.3 is 6.03 Å². The van der Waals surface area contributed by atoms with E-state index in [1.807, 2.05) is 20.8 Å². The van der Waals surface area contributed by atoms with Crippen LogP contribution in [0.5, 0.6) is 0 Å². The Morgan fingerprint density at radius 1 is 1.36 bits per heavy atom. The van der Waals surface area contributed by atoms with Gasteiger partial charge in [-0.25, -0.2) is 4.79 Å². The van der Waals surface area contributed by atoms with Gasteiger partial charge in [0.05, 0.1) is 12.3 Å². The fraction of sp³-hybridized carbons (Fsp3) is 0.529. The Labute approximate surface area is 132 Å². The van der Waals surface area contributed by atoms with Crippen LogP contribution in [0.2, 0.25) is 0 Å². The van der Waals surface area contributed by atoms with Crippen molar-refractivity contribution in [1.29, 1.82) is 0 Å². The molecule has 0 aliphatic carbocycles. The molecule has 1 aliphatic heterocycles. The van der Waals surface area contributed by atoms with Gasteiger partial charge in [0.2, 0.25) is 0 Å². The van der Waals surface area contributed by atoms with Gasteiger partial charge in [0, 0.05) is 19.0 Å². The molecule has 2 amide bonds. The molecule has 0 aromatic heterocycles. The van der Waals surface area contributed by atoms with E-state index in [2.05, 4.69) is 41.7 Å². The van der Waals surface area contributed by atoms with Crippen LogP contribution in [0.15, 0.2) is 29.4 Å². The number of rotatable bonds is 3. The molecule has 2 rings (SSSR count). The number of hydrogen-bond donors (Lipinski definition) is 1. The van der Waals surface area contributed by atoms with Crippen LogP contribution in [0, 0.1) is 6.92 Å². The van der Waals surface area contributed by atoms with Gasteiger partial charge in [-0.05, 0) is 33.3 Å². The molecule has 1 N–H and O–H groups in total. The Bertz CT molecular complexity index is 558. The third kappa shape index (κ3) is 4.48. The van der Waals surface area contributed by atoms with Crippen LogP contribution in [0.1, 0.15) is 38.3 Å². The van der Waals surface area contributed by atoms with Crippen molar-refractivity contribution in [2.45, 2.75) is 45.8 Å². The maximum Gasteiger partial charge on any atom is 0.317 e. The summed E-state index contributed by atoms with van der Waals surface area (Å²) in [5, 5.41) is 7.10. The Morgan fingerprint density at radius 2 is 2.00 bits per heavy atom. The largest absolute Gasteiger partial charge is 0.390 e. The number of aryl methyl sites for hydroxylation is 1. The number of carbonyl (C=O) groups is 1. The molecule has 0 saturated heterocycles. The smallest absolute Gasteiger partial charge is 0.317 e. The highest BCUT2D eigenvalue weighted by molar-refractivity contribution is 6.01. The minimum Gasteiger partial charge on any atom is -0.390 e. The van der Waals surface area contributed by atoms with Gasteiger partial charge in [0.1, 0.15) is 0 Å². The second-order valence-electron chi connectivity index (χ2n) is 6.90. The topological polar surface area (TPSA) is 53.9 Å². The van der Waals surface area contributed by atoms with Crippen molar-refractivity contribution in [3.63, 3.8) is 0 Å². The summed E-state index contributed by atoms with van der Waals surface area (Å²) in [5.74, 6) is 0. The van der Waals surface area contributed by atoms with Gasteiger partial charge in [-0.3, -0.25) is 0 Å². The Kier molecular flexibility index (Phi) is 4.74. The summed E-state index contributed by atoms with van der Waals surface area (Å²) in [5.41, 5.74) is 2.99. The minimum absolute atomic E-state index is 0.0907. The van der Waals surface area contributed by atoms with Crippen molar-refractivity contribution in [2.75, 3.05) is 13.6 Å². The molecule has 0 fully saturated rings. The third-order valence-electron chi connectivity index (χ3n) is 3.42. The zero-order chi connectivity index (χ0) is 16.3. The molecule has 0 spiro atoms. The van der Waals surface area contributed by atoms with Crippen LogP contribution in [-0.4, -0.2) is 41.9 Å². The molecule has 0 bridgehead atoms. The average molecular weight is 303 g/mol. The Hall–Kier alpha value is -2.04. The molecular formula is C17H25N3O2. The summed E-state index contributed by atoms with van der Waals surface area (Å²) in [4.78, 5) is 19.2. The molecule has 0 radical (unpaired) electrons. The van der Waals surface area contributed by atoms with Crippen molar-refractivity contribution >= 4 is 11.7 Å². The third-order valence-corrected chi connectivity index (χ3v) is 3.42. The molecular weight excluding hydrogens is 278 g/mol. The van der Waals surface area contributed by atoms with Crippen molar-refractivity contribution in [3.8, 4) is 0 Å². The highest BCUT2D eigenvalue weighted by Gasteiger charge is 2.26. The molecule has 1 aliphatic rings. The molecule has 1 heterocycles. The highest BCUT2D eigenvalue weighted by Crippen LogP contribution is 2.18. The second-order valence-corrected chi connectivity index (χ2v) is 6.90. The van der Waals surface area contributed by atoms with E-state index in [4.69, 9.17) is 4.84 Å². The molecule has 5 heteroatoms. The highest BCUT2D eigenvalue weighted by atomic mass is 16.6. The SMILES string of the molecule is Cc1ccc(C2=NOC(CN(C)C(=O)NC(C)(C)C)C2)cc1. The standard InChI is InChI=1S/C17H25N3O2/c1-12-6-8-13(9-7-12)15-10-14(22-19-15)11-20(5)16(21)18-17(2,3)4/h6-9,14H,10-11H2,1-5H3,(H,18,21). The predicted octanol–water partition coefficient (Wildman–Crippen LogP) is 2.93. The Balaban J connectivity index is 1.87. The first-order valence-corrected chi connectivity index (χ1v) is 7.57. The van der Waals surface area contributed by atoms with Crippen LogP contribution in [0.3, 0.4) is 0 Å². The maximum atomic E-state index is 12.1. The van der Waals surface area contributed by atoms with Crippen molar-refractivity contribution in [2.24, 2.45) is 5.16 Å². The fourth-order valence-electron chi connectivity index (χ4n) is 2.25. The number of benzene rings is 1. The zero-order valence-corrected chi connectivity index (χ0v) is 14.0. The number of carbonyl (C=O) groups excluding carboxylic acids is 1. The second kappa shape index (κ2) is 6.38. The van der Waals surface area contributed by atoms with Crippen molar-refractivity contribution in [1.82, 2.24) is 10.2 Å². The summed E-state index contributed by atoms with van der Waals surface area (Å²) in [6.07, 6.45) is 0.628. The molecule has 1 unspecified atom stereocenters. The van der Waals surface area contributed by atoms with E-state index >= 15 is 0 Å². The van der Waals surface area contributed by atoms with Crippen LogP contribution in [-0.2, 0) is 4.84 Å². The number of nitrogens with one attached hydrogen (secondary N) is 1. The van der Waals surface area contributed by atoms with Gasteiger partial charge in [-0.15, -0.1) is 0 Å². The van der Waals surface area contributed by atoms with Gasteiger partial charge in [-0.1, -0.05) is 35.0 Å². The normalized spacial score (nSPS) is 17.7. The van der Waals surface area contributed by atoms with E-state index in [1.165, 1.54) is 5.56 Å². The minimum atomic E-state index is -0.245. The molecule has 5 nitrogen and oxygen atoms in total. The van der Waals surface area contributed by atoms with Crippen LogP contribution < -0.4 is 5.32 Å². The maximum absolute atomic E-state index is 12.1. The van der Waals surface area contributed by atoms with E-state index in [0.29, 0.717) is 6.54 Å². The first kappa shape index (κ1) is 16.3. The molecule has 120 valence electrons. The fourth-order valence-corrected chi connectivity index (χ4v) is 2.25. The monoisotopic (exact) mass is 303 g/mol. The molecule has 22 heavy (non-hydrogen) atoms. The van der Waals surface area contributed by atoms with Gasteiger partial charge in [0.15, 0.2) is 6.10 Å². The zero-order valence-electron chi connectivity index (χ0n) is 14.0. The summed E-state index contributed by atoms with van der Waals surface area (Å²) in [6, 6.07) is 8.13. The molecule has 0 saturated carbocycles. The lowest BCUT2D eigenvalue weighted by atomic mass is 10.0. The predicted molar refractivity (Wildman–Crippen MR) is 88.1 cm³/mol. The molecule has 1 aromatic carbocycles. The van der Waals surface area contributed by atoms with E-state index < -0.39 is 0 Å². The van der Waals surface area contributed by atoms with E-state index in [9.17, 15) is 4.79 Å². The average Bonchev–Trinajstić information content (AvgIpc) is 2.86. The number of nitrogens with zero attached hydrogens (tertiary/aromatic N) is 2. The number of urea groups is 1. The number of oxime groups is 1. The molecule has 1 aromatic rings.